The Morgan fingerprint density at radius 3 is 2.62 bits per heavy atom. The molecule has 0 saturated carbocycles. The first-order chi connectivity index (χ1) is 9.86. The molecule has 0 spiro atoms. The van der Waals surface area contributed by atoms with Gasteiger partial charge in [0.1, 0.15) is 10.7 Å². The van der Waals surface area contributed by atoms with Crippen LogP contribution in [0.4, 0.5) is 14.5 Å². The van der Waals surface area contributed by atoms with Gasteiger partial charge in [0.25, 0.3) is 10.0 Å². The van der Waals surface area contributed by atoms with Crippen molar-refractivity contribution in [2.24, 2.45) is 0 Å². The van der Waals surface area contributed by atoms with Crippen LogP contribution in [0.1, 0.15) is 5.56 Å². The molecule has 5 nitrogen and oxygen atoms in total. The predicted molar refractivity (Wildman–Crippen MR) is 75.0 cm³/mol. The summed E-state index contributed by atoms with van der Waals surface area (Å²) in [6.07, 6.45) is 2.71. The average molecular weight is 379 g/mol. The van der Waals surface area contributed by atoms with Gasteiger partial charge in [-0.15, -0.1) is 0 Å². The van der Waals surface area contributed by atoms with Crippen LogP contribution in [0.25, 0.3) is 0 Å². The van der Waals surface area contributed by atoms with E-state index in [1.807, 2.05) is 0 Å². The zero-order valence-corrected chi connectivity index (χ0v) is 12.7. The highest BCUT2D eigenvalue weighted by Gasteiger charge is 2.24. The molecule has 2 rings (SSSR count). The highest BCUT2D eigenvalue weighted by molar-refractivity contribution is 9.10. The van der Waals surface area contributed by atoms with E-state index in [2.05, 4.69) is 25.6 Å². The third-order valence-electron chi connectivity index (χ3n) is 2.62. The summed E-state index contributed by atoms with van der Waals surface area (Å²) in [7, 11) is -4.28. The zero-order chi connectivity index (χ0) is 15.6. The Hall–Kier alpha value is -1.58. The molecule has 1 aromatic heterocycles. The maximum atomic E-state index is 14.0. The van der Waals surface area contributed by atoms with Crippen LogP contribution in [0, 0.1) is 11.6 Å². The molecule has 0 amide bonds. The molecule has 0 aliphatic heterocycles. The number of nitrogens with one attached hydrogen (secondary N) is 1. The quantitative estimate of drug-likeness (QED) is 0.855. The number of aromatic nitrogens is 1. The Balaban J connectivity index is 2.48. The largest absolute Gasteiger partial charge is 0.391 e. The fourth-order valence-corrected chi connectivity index (χ4v) is 3.25. The van der Waals surface area contributed by atoms with Crippen LogP contribution in [0.3, 0.4) is 0 Å². The standard InChI is InChI=1S/C12H9BrF2N2O3S/c13-8-5-16-4-3-10(8)17-21(19,20)11-2-1-9(14)7(6-18)12(11)15/h1-5,18H,6H2,(H,16,17). The van der Waals surface area contributed by atoms with E-state index in [0.717, 1.165) is 12.1 Å². The first-order valence-electron chi connectivity index (χ1n) is 5.57. The molecule has 0 radical (unpaired) electrons. The van der Waals surface area contributed by atoms with Crippen molar-refractivity contribution in [3.05, 3.63) is 52.3 Å². The van der Waals surface area contributed by atoms with Crippen molar-refractivity contribution >= 4 is 31.6 Å². The first-order valence-corrected chi connectivity index (χ1v) is 7.84. The van der Waals surface area contributed by atoms with Gasteiger partial charge in [-0.3, -0.25) is 9.71 Å². The zero-order valence-electron chi connectivity index (χ0n) is 10.3. The molecular weight excluding hydrogens is 370 g/mol. The van der Waals surface area contributed by atoms with E-state index in [1.54, 1.807) is 0 Å². The second-order valence-electron chi connectivity index (χ2n) is 3.96. The van der Waals surface area contributed by atoms with Gasteiger partial charge in [-0.05, 0) is 34.1 Å². The van der Waals surface area contributed by atoms with Crippen LogP contribution in [-0.4, -0.2) is 18.5 Å². The number of rotatable bonds is 4. The van der Waals surface area contributed by atoms with E-state index in [0.29, 0.717) is 4.47 Å². The van der Waals surface area contributed by atoms with Gasteiger partial charge in [0.05, 0.1) is 22.3 Å². The summed E-state index contributed by atoms with van der Waals surface area (Å²) in [4.78, 5) is 3.01. The molecule has 0 bridgehead atoms. The van der Waals surface area contributed by atoms with E-state index < -0.39 is 38.7 Å². The Morgan fingerprint density at radius 2 is 2.00 bits per heavy atom. The molecular formula is C12H9BrF2N2O3S. The van der Waals surface area contributed by atoms with Gasteiger partial charge in [-0.1, -0.05) is 0 Å². The fourth-order valence-electron chi connectivity index (χ4n) is 1.59. The fraction of sp³-hybridized carbons (Fsp3) is 0.0833. The van der Waals surface area contributed by atoms with E-state index in [-0.39, 0.29) is 5.69 Å². The van der Waals surface area contributed by atoms with Gasteiger partial charge in [0.15, 0.2) is 5.82 Å². The minimum Gasteiger partial charge on any atom is -0.391 e. The summed E-state index contributed by atoms with van der Waals surface area (Å²) in [6.45, 7) is -0.944. The molecule has 21 heavy (non-hydrogen) atoms. The first kappa shape index (κ1) is 15.8. The predicted octanol–water partition coefficient (Wildman–Crippen LogP) is 2.42. The summed E-state index contributed by atoms with van der Waals surface area (Å²) < 4.78 is 54.1. The van der Waals surface area contributed by atoms with Crippen molar-refractivity contribution in [2.75, 3.05) is 4.72 Å². The van der Waals surface area contributed by atoms with Crippen LogP contribution in [0.2, 0.25) is 0 Å². The molecule has 1 aromatic carbocycles. The minimum atomic E-state index is -4.28. The number of benzene rings is 1. The van der Waals surface area contributed by atoms with Crippen LogP contribution in [0.15, 0.2) is 40.0 Å². The topological polar surface area (TPSA) is 79.3 Å². The third kappa shape index (κ3) is 3.20. The summed E-state index contributed by atoms with van der Waals surface area (Å²) in [5.41, 5.74) is -0.550. The summed E-state index contributed by atoms with van der Waals surface area (Å²) >= 11 is 3.10. The van der Waals surface area contributed by atoms with Gasteiger partial charge in [0.2, 0.25) is 0 Å². The molecule has 0 atom stereocenters. The highest BCUT2D eigenvalue weighted by atomic mass is 79.9. The number of halogens is 3. The van der Waals surface area contributed by atoms with E-state index in [4.69, 9.17) is 5.11 Å². The SMILES string of the molecule is O=S(=O)(Nc1ccncc1Br)c1ccc(F)c(CO)c1F. The van der Waals surface area contributed by atoms with Gasteiger partial charge in [0, 0.05) is 12.4 Å². The van der Waals surface area contributed by atoms with Crippen LogP contribution in [-0.2, 0) is 16.6 Å². The van der Waals surface area contributed by atoms with Crippen molar-refractivity contribution in [1.29, 1.82) is 0 Å². The number of pyridine rings is 1. The smallest absolute Gasteiger partial charge is 0.264 e. The molecule has 2 aromatic rings. The van der Waals surface area contributed by atoms with Crippen molar-refractivity contribution in [3.8, 4) is 0 Å². The van der Waals surface area contributed by atoms with Gasteiger partial charge < -0.3 is 5.11 Å². The Kier molecular flexibility index (Phi) is 4.55. The lowest BCUT2D eigenvalue weighted by atomic mass is 10.2. The molecule has 0 saturated heterocycles. The molecule has 0 aliphatic rings. The van der Waals surface area contributed by atoms with Gasteiger partial charge in [-0.25, -0.2) is 17.2 Å². The maximum absolute atomic E-state index is 14.0. The summed E-state index contributed by atoms with van der Waals surface area (Å²) in [6, 6.07) is 2.95. The number of aliphatic hydroxyl groups excluding tert-OH is 1. The normalized spacial score (nSPS) is 11.4. The molecule has 9 heteroatoms. The van der Waals surface area contributed by atoms with Crippen molar-refractivity contribution < 1.29 is 22.3 Å². The number of sulfonamides is 1. The Bertz CT molecular complexity index is 784. The monoisotopic (exact) mass is 378 g/mol. The molecule has 2 N–H and O–H groups in total. The molecule has 0 fully saturated rings. The Labute approximate surface area is 127 Å². The third-order valence-corrected chi connectivity index (χ3v) is 4.63. The van der Waals surface area contributed by atoms with Crippen LogP contribution >= 0.6 is 15.9 Å². The Morgan fingerprint density at radius 1 is 1.29 bits per heavy atom. The number of aliphatic hydroxyl groups is 1. The maximum Gasteiger partial charge on any atom is 0.264 e. The second kappa shape index (κ2) is 6.04. The van der Waals surface area contributed by atoms with E-state index in [1.165, 1.54) is 18.5 Å². The number of nitrogens with zero attached hydrogens (tertiary/aromatic N) is 1. The lowest BCUT2D eigenvalue weighted by Crippen LogP contribution is -2.16. The molecule has 112 valence electrons. The second-order valence-corrected chi connectivity index (χ2v) is 6.46. The van der Waals surface area contributed by atoms with E-state index >= 15 is 0 Å². The summed E-state index contributed by atoms with van der Waals surface area (Å²) in [5, 5.41) is 8.91. The average Bonchev–Trinajstić information content (AvgIpc) is 2.41. The minimum absolute atomic E-state index is 0.152. The number of hydrogen-bond acceptors (Lipinski definition) is 4. The number of anilines is 1. The number of hydrogen-bond donors (Lipinski definition) is 2. The molecule has 0 aliphatic carbocycles. The van der Waals surface area contributed by atoms with Crippen LogP contribution in [0.5, 0.6) is 0 Å². The summed E-state index contributed by atoms with van der Waals surface area (Å²) in [5.74, 6) is -2.34. The van der Waals surface area contributed by atoms with Crippen molar-refractivity contribution in [3.63, 3.8) is 0 Å². The highest BCUT2D eigenvalue weighted by Crippen LogP contribution is 2.26. The molecule has 1 heterocycles. The molecule has 0 unspecified atom stereocenters. The van der Waals surface area contributed by atoms with Crippen molar-refractivity contribution in [2.45, 2.75) is 11.5 Å². The van der Waals surface area contributed by atoms with Crippen LogP contribution < -0.4 is 4.72 Å². The van der Waals surface area contributed by atoms with Gasteiger partial charge >= 0.3 is 0 Å². The lowest BCUT2D eigenvalue weighted by Gasteiger charge is -2.11. The van der Waals surface area contributed by atoms with Gasteiger partial charge in [-0.2, -0.15) is 0 Å². The van der Waals surface area contributed by atoms with Crippen molar-refractivity contribution in [1.82, 2.24) is 4.98 Å². The lowest BCUT2D eigenvalue weighted by molar-refractivity contribution is 0.267. The van der Waals surface area contributed by atoms with E-state index in [9.17, 15) is 17.2 Å².